The van der Waals surface area contributed by atoms with E-state index in [1.807, 2.05) is 19.0 Å². The lowest BCUT2D eigenvalue weighted by Gasteiger charge is -2.32. The van der Waals surface area contributed by atoms with Gasteiger partial charge in [-0.1, -0.05) is 0 Å². The molecule has 1 unspecified atom stereocenters. The molecule has 0 spiro atoms. The van der Waals surface area contributed by atoms with Gasteiger partial charge in [0.1, 0.15) is 6.10 Å². The van der Waals surface area contributed by atoms with Crippen LogP contribution in [0.4, 0.5) is 14.6 Å². The second kappa shape index (κ2) is 7.63. The van der Waals surface area contributed by atoms with E-state index in [0.717, 1.165) is 30.8 Å². The number of hydrogen-bond donors (Lipinski definition) is 0. The van der Waals surface area contributed by atoms with Gasteiger partial charge < -0.3 is 14.5 Å². The van der Waals surface area contributed by atoms with Crippen LogP contribution in [-0.2, 0) is 0 Å². The maximum Gasteiger partial charge on any atom is 0.254 e. The van der Waals surface area contributed by atoms with Crippen molar-refractivity contribution in [2.75, 3.05) is 32.1 Å². The molecule has 6 nitrogen and oxygen atoms in total. The third kappa shape index (κ3) is 4.07. The second-order valence-corrected chi connectivity index (χ2v) is 6.39. The van der Waals surface area contributed by atoms with Gasteiger partial charge in [0.05, 0.1) is 6.54 Å². The Hall–Kier alpha value is -2.77. The molecule has 0 aliphatic carbocycles. The fourth-order valence-corrected chi connectivity index (χ4v) is 2.82. The first-order valence-corrected chi connectivity index (χ1v) is 8.36. The van der Waals surface area contributed by atoms with Crippen LogP contribution in [-0.4, -0.2) is 54.3 Å². The van der Waals surface area contributed by atoms with Gasteiger partial charge in [0.2, 0.25) is 5.88 Å². The van der Waals surface area contributed by atoms with Gasteiger partial charge in [0, 0.05) is 32.3 Å². The lowest BCUT2D eigenvalue weighted by Crippen LogP contribution is -2.44. The Bertz CT molecular complexity index is 783. The molecule has 0 radical (unpaired) electrons. The average molecular weight is 362 g/mol. The molecule has 1 aliphatic heterocycles. The zero-order valence-corrected chi connectivity index (χ0v) is 14.7. The smallest absolute Gasteiger partial charge is 0.254 e. The Kier molecular flexibility index (Phi) is 5.29. The summed E-state index contributed by atoms with van der Waals surface area (Å²) >= 11 is 0. The third-order valence-electron chi connectivity index (χ3n) is 4.20. The molecular formula is C18H20F2N4O2. The maximum atomic E-state index is 13.4. The number of carbonyl (C=O) groups is 1. The molecule has 1 saturated heterocycles. The standard InChI is InChI=1S/C18H20F2N4O2/c1-23(2)16-7-8-17(22-21-16)26-13-4-3-9-24(11-13)18(25)12-5-6-14(19)15(20)10-12/h5-8,10,13H,3-4,9,11H2,1-2H3. The SMILES string of the molecule is CN(C)c1ccc(OC2CCCN(C(=O)c3ccc(F)c(F)c3)C2)nn1. The molecule has 1 amide bonds. The van der Waals surface area contributed by atoms with E-state index >= 15 is 0 Å². The van der Waals surface area contributed by atoms with Crippen molar-refractivity contribution in [2.24, 2.45) is 0 Å². The summed E-state index contributed by atoms with van der Waals surface area (Å²) in [6.45, 7) is 0.901. The number of likely N-dealkylation sites (tertiary alicyclic amines) is 1. The van der Waals surface area contributed by atoms with Crippen LogP contribution in [0.2, 0.25) is 0 Å². The number of amides is 1. The summed E-state index contributed by atoms with van der Waals surface area (Å²) in [7, 11) is 3.74. The Morgan fingerprint density at radius 1 is 1.19 bits per heavy atom. The number of carbonyl (C=O) groups excluding carboxylic acids is 1. The predicted molar refractivity (Wildman–Crippen MR) is 92.3 cm³/mol. The Morgan fingerprint density at radius 2 is 2.00 bits per heavy atom. The predicted octanol–water partition coefficient (Wildman–Crippen LogP) is 2.50. The minimum Gasteiger partial charge on any atom is -0.471 e. The summed E-state index contributed by atoms with van der Waals surface area (Å²) in [6.07, 6.45) is 1.31. The molecule has 138 valence electrons. The summed E-state index contributed by atoms with van der Waals surface area (Å²) in [6, 6.07) is 6.71. The van der Waals surface area contributed by atoms with Gasteiger partial charge in [-0.15, -0.1) is 10.2 Å². The first-order valence-electron chi connectivity index (χ1n) is 8.36. The molecule has 0 N–H and O–H groups in total. The highest BCUT2D eigenvalue weighted by atomic mass is 19.2. The minimum atomic E-state index is -1.03. The number of hydrogen-bond acceptors (Lipinski definition) is 5. The second-order valence-electron chi connectivity index (χ2n) is 6.39. The largest absolute Gasteiger partial charge is 0.471 e. The molecule has 26 heavy (non-hydrogen) atoms. The molecular weight excluding hydrogens is 342 g/mol. The van der Waals surface area contributed by atoms with Gasteiger partial charge in [0.25, 0.3) is 5.91 Å². The van der Waals surface area contributed by atoms with E-state index < -0.39 is 11.6 Å². The molecule has 0 saturated carbocycles. The zero-order chi connectivity index (χ0) is 18.7. The van der Waals surface area contributed by atoms with Crippen LogP contribution in [0.25, 0.3) is 0 Å². The molecule has 2 aromatic rings. The van der Waals surface area contributed by atoms with Gasteiger partial charge in [-0.2, -0.15) is 0 Å². The number of benzene rings is 1. The number of aromatic nitrogens is 2. The van der Waals surface area contributed by atoms with Crippen LogP contribution in [0.3, 0.4) is 0 Å². The van der Waals surface area contributed by atoms with Gasteiger partial charge in [0.15, 0.2) is 17.5 Å². The van der Waals surface area contributed by atoms with Crippen LogP contribution in [0.15, 0.2) is 30.3 Å². The highest BCUT2D eigenvalue weighted by Gasteiger charge is 2.26. The Balaban J connectivity index is 1.65. The molecule has 1 atom stereocenters. The molecule has 3 rings (SSSR count). The summed E-state index contributed by atoms with van der Waals surface area (Å²) in [5, 5.41) is 8.09. The fraction of sp³-hybridized carbons (Fsp3) is 0.389. The third-order valence-corrected chi connectivity index (χ3v) is 4.20. The number of ether oxygens (including phenoxy) is 1. The number of piperidine rings is 1. The van der Waals surface area contributed by atoms with Gasteiger partial charge >= 0.3 is 0 Å². The number of anilines is 1. The highest BCUT2D eigenvalue weighted by Crippen LogP contribution is 2.20. The fourth-order valence-electron chi connectivity index (χ4n) is 2.82. The van der Waals surface area contributed by atoms with Crippen molar-refractivity contribution in [1.29, 1.82) is 0 Å². The number of nitrogens with zero attached hydrogens (tertiary/aromatic N) is 4. The van der Waals surface area contributed by atoms with E-state index in [2.05, 4.69) is 10.2 Å². The quantitative estimate of drug-likeness (QED) is 0.836. The molecule has 1 aromatic carbocycles. The number of rotatable bonds is 4. The van der Waals surface area contributed by atoms with Crippen LogP contribution in [0, 0.1) is 11.6 Å². The first kappa shape index (κ1) is 18.0. The minimum absolute atomic E-state index is 0.125. The topological polar surface area (TPSA) is 58.6 Å². The summed E-state index contributed by atoms with van der Waals surface area (Å²) in [5.74, 6) is -1.23. The van der Waals surface area contributed by atoms with E-state index in [1.165, 1.54) is 6.07 Å². The van der Waals surface area contributed by atoms with E-state index in [1.54, 1.807) is 17.0 Å². The number of halogens is 2. The molecule has 2 heterocycles. The normalized spacial score (nSPS) is 17.1. The molecule has 1 aromatic heterocycles. The van der Waals surface area contributed by atoms with Gasteiger partial charge in [-0.3, -0.25) is 4.79 Å². The van der Waals surface area contributed by atoms with Crippen molar-refractivity contribution in [3.63, 3.8) is 0 Å². The van der Waals surface area contributed by atoms with Gasteiger partial charge in [-0.25, -0.2) is 8.78 Å². The summed E-state index contributed by atoms with van der Waals surface area (Å²) in [5.41, 5.74) is 0.125. The van der Waals surface area contributed by atoms with Crippen LogP contribution in [0.5, 0.6) is 5.88 Å². The van der Waals surface area contributed by atoms with Crippen LogP contribution in [0.1, 0.15) is 23.2 Å². The van der Waals surface area contributed by atoms with E-state index in [-0.39, 0.29) is 17.6 Å². The lowest BCUT2D eigenvalue weighted by molar-refractivity contribution is 0.0525. The molecule has 1 fully saturated rings. The highest BCUT2D eigenvalue weighted by molar-refractivity contribution is 5.94. The van der Waals surface area contributed by atoms with E-state index in [4.69, 9.17) is 4.74 Å². The average Bonchev–Trinajstić information content (AvgIpc) is 2.64. The first-order chi connectivity index (χ1) is 12.4. The van der Waals surface area contributed by atoms with Crippen molar-refractivity contribution in [3.8, 4) is 5.88 Å². The Labute approximate surface area is 150 Å². The lowest BCUT2D eigenvalue weighted by atomic mass is 10.1. The van der Waals surface area contributed by atoms with Crippen molar-refractivity contribution in [1.82, 2.24) is 15.1 Å². The summed E-state index contributed by atoms with van der Waals surface area (Å²) < 4.78 is 32.3. The molecule has 8 heteroatoms. The zero-order valence-electron chi connectivity index (χ0n) is 14.7. The van der Waals surface area contributed by atoms with Crippen LogP contribution < -0.4 is 9.64 Å². The van der Waals surface area contributed by atoms with Crippen molar-refractivity contribution in [2.45, 2.75) is 18.9 Å². The van der Waals surface area contributed by atoms with Crippen molar-refractivity contribution >= 4 is 11.7 Å². The molecule has 0 bridgehead atoms. The maximum absolute atomic E-state index is 13.4. The van der Waals surface area contributed by atoms with E-state index in [0.29, 0.717) is 19.0 Å². The van der Waals surface area contributed by atoms with Crippen molar-refractivity contribution in [3.05, 3.63) is 47.5 Å². The van der Waals surface area contributed by atoms with Crippen LogP contribution >= 0.6 is 0 Å². The Morgan fingerprint density at radius 3 is 2.65 bits per heavy atom. The van der Waals surface area contributed by atoms with E-state index in [9.17, 15) is 13.6 Å². The summed E-state index contributed by atoms with van der Waals surface area (Å²) in [4.78, 5) is 15.9. The molecule has 1 aliphatic rings. The monoisotopic (exact) mass is 362 g/mol. The van der Waals surface area contributed by atoms with Gasteiger partial charge in [-0.05, 0) is 37.1 Å². The van der Waals surface area contributed by atoms with Crippen molar-refractivity contribution < 1.29 is 18.3 Å².